The maximum absolute atomic E-state index is 5.47. The molecule has 0 aliphatic carbocycles. The topological polar surface area (TPSA) is 70.3 Å². The van der Waals surface area contributed by atoms with Crippen LogP contribution in [0.3, 0.4) is 0 Å². The molecule has 1 saturated heterocycles. The molecule has 1 aliphatic heterocycles. The molecule has 1 aliphatic rings. The van der Waals surface area contributed by atoms with Gasteiger partial charge in [0.15, 0.2) is 0 Å². The molecule has 0 aromatic carbocycles. The van der Waals surface area contributed by atoms with Gasteiger partial charge in [-0.15, -0.1) is 0 Å². The van der Waals surface area contributed by atoms with Crippen LogP contribution in [-0.4, -0.2) is 29.8 Å². The smallest absolute Gasteiger partial charge is 0.234 e. The van der Waals surface area contributed by atoms with Crippen LogP contribution in [-0.2, 0) is 4.74 Å². The van der Waals surface area contributed by atoms with Crippen LogP contribution < -0.4 is 10.5 Å². The quantitative estimate of drug-likeness (QED) is 0.759. The zero-order valence-electron chi connectivity index (χ0n) is 8.06. The summed E-state index contributed by atoms with van der Waals surface area (Å²) in [7, 11) is 0. The average Bonchev–Trinajstić information content (AvgIpc) is 2.12. The van der Waals surface area contributed by atoms with Crippen molar-refractivity contribution in [2.24, 2.45) is 5.41 Å². The van der Waals surface area contributed by atoms with Crippen molar-refractivity contribution >= 4 is 5.82 Å². The first kappa shape index (κ1) is 9.21. The van der Waals surface area contributed by atoms with E-state index in [2.05, 4.69) is 16.9 Å². The first-order chi connectivity index (χ1) is 6.68. The Kier molecular flexibility index (Phi) is 2.25. The van der Waals surface area contributed by atoms with E-state index in [9.17, 15) is 0 Å². The van der Waals surface area contributed by atoms with Crippen molar-refractivity contribution in [3.8, 4) is 5.88 Å². The third-order valence-electron chi connectivity index (χ3n) is 2.10. The molecule has 0 bridgehead atoms. The van der Waals surface area contributed by atoms with Crippen LogP contribution in [0.5, 0.6) is 5.88 Å². The van der Waals surface area contributed by atoms with Gasteiger partial charge < -0.3 is 15.2 Å². The van der Waals surface area contributed by atoms with Crippen molar-refractivity contribution in [1.29, 1.82) is 0 Å². The number of ether oxygens (including phenoxy) is 2. The van der Waals surface area contributed by atoms with E-state index < -0.39 is 0 Å². The maximum atomic E-state index is 5.47. The molecule has 0 unspecified atom stereocenters. The van der Waals surface area contributed by atoms with E-state index in [1.807, 2.05) is 0 Å². The van der Waals surface area contributed by atoms with Gasteiger partial charge in [-0.25, -0.2) is 0 Å². The Bertz CT molecular complexity index is 326. The summed E-state index contributed by atoms with van der Waals surface area (Å²) in [5.41, 5.74) is 5.58. The largest absolute Gasteiger partial charge is 0.476 e. The summed E-state index contributed by atoms with van der Waals surface area (Å²) in [6, 6.07) is 0. The summed E-state index contributed by atoms with van der Waals surface area (Å²) in [5, 5.41) is 0. The van der Waals surface area contributed by atoms with E-state index in [1.165, 1.54) is 6.20 Å². The monoisotopic (exact) mass is 195 g/mol. The number of rotatable bonds is 3. The molecule has 0 saturated carbocycles. The highest BCUT2D eigenvalue weighted by molar-refractivity contribution is 5.25. The SMILES string of the molecule is CC1(COc2cncc(N)n2)COC1. The Hall–Kier alpha value is -1.36. The fourth-order valence-corrected chi connectivity index (χ4v) is 1.21. The van der Waals surface area contributed by atoms with Crippen LogP contribution in [0.1, 0.15) is 6.92 Å². The zero-order chi connectivity index (χ0) is 10.0. The van der Waals surface area contributed by atoms with Crippen LogP contribution in [0, 0.1) is 5.41 Å². The zero-order valence-corrected chi connectivity index (χ0v) is 8.06. The molecule has 2 N–H and O–H groups in total. The van der Waals surface area contributed by atoms with E-state index in [0.29, 0.717) is 18.3 Å². The Morgan fingerprint density at radius 1 is 1.57 bits per heavy atom. The second-order valence-electron chi connectivity index (χ2n) is 3.87. The van der Waals surface area contributed by atoms with Gasteiger partial charge in [-0.1, -0.05) is 6.92 Å². The molecule has 1 aromatic heterocycles. The van der Waals surface area contributed by atoms with E-state index in [4.69, 9.17) is 15.2 Å². The molecule has 0 radical (unpaired) electrons. The fraction of sp³-hybridized carbons (Fsp3) is 0.556. The lowest BCUT2D eigenvalue weighted by molar-refractivity contribution is -0.120. The van der Waals surface area contributed by atoms with Gasteiger partial charge >= 0.3 is 0 Å². The molecular weight excluding hydrogens is 182 g/mol. The maximum Gasteiger partial charge on any atom is 0.234 e. The van der Waals surface area contributed by atoms with E-state index in [0.717, 1.165) is 13.2 Å². The van der Waals surface area contributed by atoms with Gasteiger partial charge in [0.1, 0.15) is 5.82 Å². The standard InChI is InChI=1S/C9H13N3O2/c1-9(4-13-5-9)6-14-8-3-11-2-7(10)12-8/h2-3H,4-6H2,1H3,(H2,10,12). The highest BCUT2D eigenvalue weighted by Crippen LogP contribution is 2.26. The van der Waals surface area contributed by atoms with Crippen LogP contribution in [0.4, 0.5) is 5.82 Å². The Morgan fingerprint density at radius 3 is 2.93 bits per heavy atom. The number of hydrogen-bond acceptors (Lipinski definition) is 5. The molecule has 0 atom stereocenters. The summed E-state index contributed by atoms with van der Waals surface area (Å²) >= 11 is 0. The lowest BCUT2D eigenvalue weighted by Crippen LogP contribution is -2.44. The third kappa shape index (κ3) is 1.93. The lowest BCUT2D eigenvalue weighted by Gasteiger charge is -2.37. The molecule has 76 valence electrons. The molecule has 2 rings (SSSR count). The molecule has 2 heterocycles. The Morgan fingerprint density at radius 2 is 2.36 bits per heavy atom. The van der Waals surface area contributed by atoms with Gasteiger partial charge in [0.2, 0.25) is 5.88 Å². The summed E-state index contributed by atoms with van der Waals surface area (Å²) in [4.78, 5) is 7.87. The lowest BCUT2D eigenvalue weighted by atomic mass is 9.90. The molecule has 14 heavy (non-hydrogen) atoms. The number of nitrogen functional groups attached to an aromatic ring is 1. The minimum absolute atomic E-state index is 0.117. The summed E-state index contributed by atoms with van der Waals surface area (Å²) in [6.45, 7) is 4.17. The van der Waals surface area contributed by atoms with Gasteiger partial charge in [-0.05, 0) is 0 Å². The Balaban J connectivity index is 1.91. The highest BCUT2D eigenvalue weighted by Gasteiger charge is 2.34. The second-order valence-corrected chi connectivity index (χ2v) is 3.87. The number of nitrogens with two attached hydrogens (primary N) is 1. The predicted molar refractivity (Wildman–Crippen MR) is 50.9 cm³/mol. The van der Waals surface area contributed by atoms with Crippen LogP contribution >= 0.6 is 0 Å². The molecule has 5 heteroatoms. The number of anilines is 1. The minimum atomic E-state index is 0.117. The Labute approximate surface area is 82.3 Å². The van der Waals surface area contributed by atoms with Crippen molar-refractivity contribution < 1.29 is 9.47 Å². The summed E-state index contributed by atoms with van der Waals surface area (Å²) in [5.74, 6) is 0.843. The number of nitrogens with zero attached hydrogens (tertiary/aromatic N) is 2. The number of aromatic nitrogens is 2. The molecule has 1 aromatic rings. The second kappa shape index (κ2) is 3.42. The highest BCUT2D eigenvalue weighted by atomic mass is 16.5. The van der Waals surface area contributed by atoms with Gasteiger partial charge in [0, 0.05) is 5.41 Å². The molecule has 5 nitrogen and oxygen atoms in total. The fourth-order valence-electron chi connectivity index (χ4n) is 1.21. The molecule has 0 amide bonds. The first-order valence-electron chi connectivity index (χ1n) is 4.46. The van der Waals surface area contributed by atoms with Crippen molar-refractivity contribution in [3.05, 3.63) is 12.4 Å². The van der Waals surface area contributed by atoms with Gasteiger partial charge in [0.05, 0.1) is 32.2 Å². The average molecular weight is 195 g/mol. The van der Waals surface area contributed by atoms with E-state index in [1.54, 1.807) is 6.20 Å². The van der Waals surface area contributed by atoms with Crippen LogP contribution in [0.15, 0.2) is 12.4 Å². The predicted octanol–water partition coefficient (Wildman–Crippen LogP) is 0.474. The molecule has 1 fully saturated rings. The van der Waals surface area contributed by atoms with Crippen molar-refractivity contribution in [1.82, 2.24) is 9.97 Å². The summed E-state index contributed by atoms with van der Waals surface area (Å²) in [6.07, 6.45) is 3.04. The number of hydrogen-bond donors (Lipinski definition) is 1. The van der Waals surface area contributed by atoms with Crippen LogP contribution in [0.2, 0.25) is 0 Å². The van der Waals surface area contributed by atoms with Gasteiger partial charge in [-0.2, -0.15) is 4.98 Å². The molecule has 0 spiro atoms. The molecular formula is C9H13N3O2. The van der Waals surface area contributed by atoms with Crippen LogP contribution in [0.25, 0.3) is 0 Å². The third-order valence-corrected chi connectivity index (χ3v) is 2.10. The van der Waals surface area contributed by atoms with Gasteiger partial charge in [-0.3, -0.25) is 4.98 Å². The van der Waals surface area contributed by atoms with Gasteiger partial charge in [0.25, 0.3) is 0 Å². The van der Waals surface area contributed by atoms with Crippen molar-refractivity contribution in [2.75, 3.05) is 25.6 Å². The first-order valence-corrected chi connectivity index (χ1v) is 4.46. The van der Waals surface area contributed by atoms with E-state index >= 15 is 0 Å². The summed E-state index contributed by atoms with van der Waals surface area (Å²) < 4.78 is 10.6. The minimum Gasteiger partial charge on any atom is -0.476 e. The van der Waals surface area contributed by atoms with E-state index in [-0.39, 0.29) is 5.41 Å². The van der Waals surface area contributed by atoms with Crippen molar-refractivity contribution in [2.45, 2.75) is 6.92 Å². The normalized spacial score (nSPS) is 18.6. The van der Waals surface area contributed by atoms with Crippen molar-refractivity contribution in [3.63, 3.8) is 0 Å².